The lowest BCUT2D eigenvalue weighted by atomic mass is 10.1. The van der Waals surface area contributed by atoms with Gasteiger partial charge in [0.2, 0.25) is 0 Å². The van der Waals surface area contributed by atoms with Gasteiger partial charge in [-0.2, -0.15) is 0 Å². The number of nitrogens with zero attached hydrogens (tertiary/aromatic N) is 2. The summed E-state index contributed by atoms with van der Waals surface area (Å²) < 4.78 is 11.6. The van der Waals surface area contributed by atoms with Gasteiger partial charge in [-0.3, -0.25) is 14.5 Å². The lowest BCUT2D eigenvalue weighted by Gasteiger charge is -2.26. The van der Waals surface area contributed by atoms with E-state index in [1.807, 2.05) is 0 Å². The molecule has 3 aromatic rings. The van der Waals surface area contributed by atoms with Crippen molar-refractivity contribution in [3.63, 3.8) is 0 Å². The van der Waals surface area contributed by atoms with Crippen molar-refractivity contribution in [2.75, 3.05) is 46.5 Å². The quantitative estimate of drug-likeness (QED) is 0.536. The van der Waals surface area contributed by atoms with Crippen molar-refractivity contribution in [1.82, 2.24) is 19.8 Å². The summed E-state index contributed by atoms with van der Waals surface area (Å²) in [5.74, 6) is 0.163. The van der Waals surface area contributed by atoms with Gasteiger partial charge in [0.25, 0.3) is 11.5 Å². The van der Waals surface area contributed by atoms with Crippen LogP contribution in [0.5, 0.6) is 5.75 Å². The molecule has 0 bridgehead atoms. The Bertz CT molecular complexity index is 1230. The molecule has 0 saturated carbocycles. The van der Waals surface area contributed by atoms with Crippen molar-refractivity contribution >= 4 is 16.8 Å². The second kappa shape index (κ2) is 9.80. The second-order valence-corrected chi connectivity index (χ2v) is 7.57. The molecular weight excluding hydrogens is 412 g/mol. The number of morpholine rings is 1. The van der Waals surface area contributed by atoms with Crippen molar-refractivity contribution in [3.05, 3.63) is 68.9 Å². The van der Waals surface area contributed by atoms with Crippen molar-refractivity contribution in [1.29, 1.82) is 0 Å². The summed E-state index contributed by atoms with van der Waals surface area (Å²) in [6.45, 7) is 4.77. The molecule has 1 fully saturated rings. The van der Waals surface area contributed by atoms with Crippen LogP contribution < -0.4 is 21.3 Å². The van der Waals surface area contributed by atoms with Crippen LogP contribution in [0, 0.1) is 0 Å². The van der Waals surface area contributed by atoms with Crippen molar-refractivity contribution in [3.8, 4) is 11.4 Å². The van der Waals surface area contributed by atoms with Gasteiger partial charge in [-0.15, -0.1) is 0 Å². The number of benzene rings is 2. The maximum Gasteiger partial charge on any atom is 0.333 e. The van der Waals surface area contributed by atoms with Crippen LogP contribution in [0.15, 0.2) is 52.1 Å². The fourth-order valence-electron chi connectivity index (χ4n) is 3.82. The third-order valence-corrected chi connectivity index (χ3v) is 5.53. The number of carbonyl (C=O) groups excluding carboxylic acids is 1. The number of methoxy groups -OCH3 is 1. The average molecular weight is 438 g/mol. The molecule has 4 rings (SSSR count). The van der Waals surface area contributed by atoms with Crippen molar-refractivity contribution < 1.29 is 14.3 Å². The maximum absolute atomic E-state index is 13.0. The number of rotatable bonds is 7. The van der Waals surface area contributed by atoms with E-state index in [1.165, 1.54) is 13.2 Å². The van der Waals surface area contributed by atoms with E-state index in [1.54, 1.807) is 36.4 Å². The molecule has 0 aliphatic carbocycles. The number of nitrogens with one attached hydrogen (secondary N) is 2. The van der Waals surface area contributed by atoms with Gasteiger partial charge in [0, 0.05) is 25.2 Å². The summed E-state index contributed by atoms with van der Waals surface area (Å²) in [5.41, 5.74) is -0.0351. The minimum absolute atomic E-state index is 0.247. The number of hydrogen-bond acceptors (Lipinski definition) is 6. The Morgan fingerprint density at radius 1 is 1.16 bits per heavy atom. The van der Waals surface area contributed by atoms with E-state index in [-0.39, 0.29) is 5.91 Å². The zero-order valence-corrected chi connectivity index (χ0v) is 17.9. The predicted molar refractivity (Wildman–Crippen MR) is 121 cm³/mol. The molecule has 2 N–H and O–H groups in total. The number of aromatic nitrogens is 2. The van der Waals surface area contributed by atoms with E-state index in [0.717, 1.165) is 43.8 Å². The lowest BCUT2D eigenvalue weighted by Crippen LogP contribution is -2.38. The number of fused-ring (bicyclic) bond motifs is 1. The van der Waals surface area contributed by atoms with E-state index in [0.29, 0.717) is 34.4 Å². The Morgan fingerprint density at radius 3 is 2.72 bits per heavy atom. The number of carbonyl (C=O) groups is 1. The topological polar surface area (TPSA) is 106 Å². The third-order valence-electron chi connectivity index (χ3n) is 5.53. The minimum atomic E-state index is -0.602. The van der Waals surface area contributed by atoms with Gasteiger partial charge in [0.1, 0.15) is 5.75 Å². The van der Waals surface area contributed by atoms with Gasteiger partial charge in [-0.05, 0) is 43.3 Å². The summed E-state index contributed by atoms with van der Waals surface area (Å²) >= 11 is 0. The van der Waals surface area contributed by atoms with Crippen LogP contribution >= 0.6 is 0 Å². The number of hydrogen-bond donors (Lipinski definition) is 2. The molecule has 1 saturated heterocycles. The van der Waals surface area contributed by atoms with Crippen LogP contribution in [-0.4, -0.2) is 66.9 Å². The van der Waals surface area contributed by atoms with Gasteiger partial charge in [0.05, 0.1) is 36.9 Å². The summed E-state index contributed by atoms with van der Waals surface area (Å²) in [7, 11) is 1.48. The molecule has 0 spiro atoms. The molecule has 1 aromatic heterocycles. The van der Waals surface area contributed by atoms with Gasteiger partial charge in [-0.1, -0.05) is 12.1 Å². The van der Waals surface area contributed by atoms with Crippen LogP contribution in [0.25, 0.3) is 16.6 Å². The summed E-state index contributed by atoms with van der Waals surface area (Å²) in [6.07, 6.45) is 0.833. The fourth-order valence-corrected chi connectivity index (χ4v) is 3.82. The monoisotopic (exact) mass is 438 g/mol. The molecule has 0 atom stereocenters. The van der Waals surface area contributed by atoms with Gasteiger partial charge < -0.3 is 19.8 Å². The predicted octanol–water partition coefficient (Wildman–Crippen LogP) is 1.14. The van der Waals surface area contributed by atoms with Crippen molar-refractivity contribution in [2.45, 2.75) is 6.42 Å². The first-order valence-electron chi connectivity index (χ1n) is 10.6. The molecule has 9 nitrogen and oxygen atoms in total. The molecule has 1 aliphatic heterocycles. The largest absolute Gasteiger partial charge is 0.495 e. The van der Waals surface area contributed by atoms with Gasteiger partial charge >= 0.3 is 5.69 Å². The lowest BCUT2D eigenvalue weighted by molar-refractivity contribution is 0.0374. The van der Waals surface area contributed by atoms with E-state index in [9.17, 15) is 14.4 Å². The SMILES string of the molecule is COc1ccccc1-n1c(=O)[nH]c2cc(C(=O)NCCCN3CCOCC3)ccc2c1=O. The molecule has 168 valence electrons. The first kappa shape index (κ1) is 21.8. The first-order chi connectivity index (χ1) is 15.6. The molecule has 1 amide bonds. The van der Waals surface area contributed by atoms with Crippen LogP contribution in [0.1, 0.15) is 16.8 Å². The zero-order chi connectivity index (χ0) is 22.5. The molecule has 2 aromatic carbocycles. The highest BCUT2D eigenvalue weighted by Crippen LogP contribution is 2.20. The standard InChI is InChI=1S/C23H26N4O5/c1-31-20-6-3-2-5-19(20)27-22(29)17-8-7-16(15-18(17)25-23(27)30)21(28)24-9-4-10-26-11-13-32-14-12-26/h2-3,5-8,15H,4,9-14H2,1H3,(H,24,28)(H,25,30). The Morgan fingerprint density at radius 2 is 1.94 bits per heavy atom. The first-order valence-corrected chi connectivity index (χ1v) is 10.6. The maximum atomic E-state index is 13.0. The third kappa shape index (κ3) is 4.58. The highest BCUT2D eigenvalue weighted by Gasteiger charge is 2.15. The number of ether oxygens (including phenoxy) is 2. The number of para-hydroxylation sites is 2. The second-order valence-electron chi connectivity index (χ2n) is 7.57. The highest BCUT2D eigenvalue weighted by atomic mass is 16.5. The van der Waals surface area contributed by atoms with Crippen LogP contribution in [0.4, 0.5) is 0 Å². The fraction of sp³-hybridized carbons (Fsp3) is 0.348. The Hall–Kier alpha value is -3.43. The number of H-pyrrole nitrogens is 1. The summed E-state index contributed by atoms with van der Waals surface area (Å²) in [5, 5.41) is 3.20. The molecule has 32 heavy (non-hydrogen) atoms. The smallest absolute Gasteiger partial charge is 0.333 e. The summed E-state index contributed by atoms with van der Waals surface area (Å²) in [6, 6.07) is 11.5. The normalized spacial score (nSPS) is 14.4. The van der Waals surface area contributed by atoms with E-state index < -0.39 is 11.2 Å². The Kier molecular flexibility index (Phi) is 6.67. The van der Waals surface area contributed by atoms with Gasteiger partial charge in [0.15, 0.2) is 0 Å². The van der Waals surface area contributed by atoms with E-state index in [2.05, 4.69) is 15.2 Å². The van der Waals surface area contributed by atoms with E-state index in [4.69, 9.17) is 9.47 Å². The molecule has 1 aliphatic rings. The van der Waals surface area contributed by atoms with Crippen molar-refractivity contribution in [2.24, 2.45) is 0 Å². The van der Waals surface area contributed by atoms with Gasteiger partial charge in [-0.25, -0.2) is 9.36 Å². The summed E-state index contributed by atoms with van der Waals surface area (Å²) in [4.78, 5) is 43.3. The molecule has 0 unspecified atom stereocenters. The highest BCUT2D eigenvalue weighted by molar-refractivity contribution is 5.97. The molecule has 2 heterocycles. The van der Waals surface area contributed by atoms with Crippen LogP contribution in [0.2, 0.25) is 0 Å². The molecule has 0 radical (unpaired) electrons. The van der Waals surface area contributed by atoms with Crippen LogP contribution in [-0.2, 0) is 4.74 Å². The minimum Gasteiger partial charge on any atom is -0.495 e. The molecular formula is C23H26N4O5. The average Bonchev–Trinajstić information content (AvgIpc) is 2.82. The number of aromatic amines is 1. The zero-order valence-electron chi connectivity index (χ0n) is 17.9. The van der Waals surface area contributed by atoms with Crippen LogP contribution in [0.3, 0.4) is 0 Å². The number of amides is 1. The molecule has 9 heteroatoms. The van der Waals surface area contributed by atoms with E-state index >= 15 is 0 Å². The Labute approximate surface area is 184 Å². The Balaban J connectivity index is 1.51.